The van der Waals surface area contributed by atoms with Gasteiger partial charge in [0.2, 0.25) is 0 Å². The van der Waals surface area contributed by atoms with Crippen LogP contribution in [0.2, 0.25) is 5.02 Å². The largest absolute Gasteiger partial charge is 0.477 e. The van der Waals surface area contributed by atoms with Gasteiger partial charge in [0.05, 0.1) is 5.52 Å². The standard InChI is InChI=1S/C13H14ClNO2/c1-7(2)11-9-5-4-8(14)6-10(9)15(3)12(11)13(16)17/h4-7H,1-3H3,(H,16,17). The summed E-state index contributed by atoms with van der Waals surface area (Å²) in [5.41, 5.74) is 2.07. The van der Waals surface area contributed by atoms with Crippen molar-refractivity contribution in [2.75, 3.05) is 0 Å². The summed E-state index contributed by atoms with van der Waals surface area (Å²) in [6.07, 6.45) is 0. The average Bonchev–Trinajstić information content (AvgIpc) is 2.52. The molecule has 0 fully saturated rings. The van der Waals surface area contributed by atoms with Crippen LogP contribution < -0.4 is 0 Å². The SMILES string of the molecule is CC(C)c1c(C(=O)O)n(C)c2cc(Cl)ccc12. The summed E-state index contributed by atoms with van der Waals surface area (Å²) >= 11 is 5.95. The van der Waals surface area contributed by atoms with Crippen LogP contribution in [-0.4, -0.2) is 15.6 Å². The third-order valence-corrected chi connectivity index (χ3v) is 3.22. The molecule has 0 bridgehead atoms. The minimum Gasteiger partial charge on any atom is -0.477 e. The Morgan fingerprint density at radius 1 is 1.41 bits per heavy atom. The lowest BCUT2D eigenvalue weighted by Crippen LogP contribution is -2.08. The van der Waals surface area contributed by atoms with Gasteiger partial charge in [-0.2, -0.15) is 0 Å². The van der Waals surface area contributed by atoms with E-state index in [-0.39, 0.29) is 5.92 Å². The van der Waals surface area contributed by atoms with Gasteiger partial charge in [0.15, 0.2) is 0 Å². The normalized spacial score (nSPS) is 11.4. The van der Waals surface area contributed by atoms with Crippen molar-refractivity contribution in [3.63, 3.8) is 0 Å². The predicted octanol–water partition coefficient (Wildman–Crippen LogP) is 3.65. The summed E-state index contributed by atoms with van der Waals surface area (Å²) in [5.74, 6) is -0.741. The van der Waals surface area contributed by atoms with E-state index in [4.69, 9.17) is 11.6 Å². The Kier molecular flexibility index (Phi) is 2.87. The first-order valence-corrected chi connectivity index (χ1v) is 5.82. The molecule has 1 aromatic carbocycles. The molecular formula is C13H14ClNO2. The van der Waals surface area contributed by atoms with E-state index in [1.54, 1.807) is 23.7 Å². The van der Waals surface area contributed by atoms with E-state index in [1.165, 1.54) is 0 Å². The summed E-state index contributed by atoms with van der Waals surface area (Å²) < 4.78 is 1.69. The number of aromatic carboxylic acids is 1. The Morgan fingerprint density at radius 2 is 2.06 bits per heavy atom. The van der Waals surface area contributed by atoms with Crippen LogP contribution in [0.5, 0.6) is 0 Å². The number of aromatic nitrogens is 1. The molecule has 1 aromatic heterocycles. The van der Waals surface area contributed by atoms with Crippen LogP contribution in [0.25, 0.3) is 10.9 Å². The molecule has 0 unspecified atom stereocenters. The molecule has 17 heavy (non-hydrogen) atoms. The van der Waals surface area contributed by atoms with Crippen molar-refractivity contribution >= 4 is 28.5 Å². The molecule has 0 atom stereocenters. The van der Waals surface area contributed by atoms with E-state index < -0.39 is 5.97 Å². The van der Waals surface area contributed by atoms with Gasteiger partial charge in [0, 0.05) is 17.5 Å². The summed E-state index contributed by atoms with van der Waals surface area (Å²) in [7, 11) is 1.76. The van der Waals surface area contributed by atoms with Crippen molar-refractivity contribution in [2.24, 2.45) is 7.05 Å². The number of carboxylic acid groups (broad SMARTS) is 1. The third-order valence-electron chi connectivity index (χ3n) is 2.98. The van der Waals surface area contributed by atoms with Crippen molar-refractivity contribution in [2.45, 2.75) is 19.8 Å². The fourth-order valence-corrected chi connectivity index (χ4v) is 2.45. The molecule has 2 aromatic rings. The second kappa shape index (κ2) is 4.08. The van der Waals surface area contributed by atoms with Crippen molar-refractivity contribution in [1.29, 1.82) is 0 Å². The number of halogens is 1. The molecule has 1 N–H and O–H groups in total. The lowest BCUT2D eigenvalue weighted by molar-refractivity contribution is 0.0685. The van der Waals surface area contributed by atoms with Gasteiger partial charge in [-0.25, -0.2) is 4.79 Å². The van der Waals surface area contributed by atoms with Crippen LogP contribution in [0.3, 0.4) is 0 Å². The smallest absolute Gasteiger partial charge is 0.352 e. The maximum Gasteiger partial charge on any atom is 0.352 e. The first kappa shape index (κ1) is 12.0. The Bertz CT molecular complexity index is 599. The molecule has 90 valence electrons. The average molecular weight is 252 g/mol. The maximum atomic E-state index is 11.3. The van der Waals surface area contributed by atoms with Gasteiger partial charge in [0.1, 0.15) is 5.69 Å². The summed E-state index contributed by atoms with van der Waals surface area (Å²) in [6, 6.07) is 5.48. The summed E-state index contributed by atoms with van der Waals surface area (Å²) in [5, 5.41) is 10.9. The molecule has 2 rings (SSSR count). The van der Waals surface area contributed by atoms with E-state index in [1.807, 2.05) is 19.9 Å². The molecule has 0 aliphatic heterocycles. The minimum absolute atomic E-state index is 0.158. The highest BCUT2D eigenvalue weighted by atomic mass is 35.5. The van der Waals surface area contributed by atoms with Gasteiger partial charge >= 0.3 is 5.97 Å². The number of aryl methyl sites for hydroxylation is 1. The number of hydrogen-bond donors (Lipinski definition) is 1. The molecular weight excluding hydrogens is 238 g/mol. The maximum absolute atomic E-state index is 11.3. The molecule has 0 saturated heterocycles. The molecule has 0 spiro atoms. The number of carboxylic acids is 1. The van der Waals surface area contributed by atoms with Crippen molar-refractivity contribution in [3.05, 3.63) is 34.5 Å². The second-order valence-electron chi connectivity index (χ2n) is 4.44. The Morgan fingerprint density at radius 3 is 2.59 bits per heavy atom. The van der Waals surface area contributed by atoms with Crippen LogP contribution in [-0.2, 0) is 7.05 Å². The number of carbonyl (C=O) groups is 1. The highest BCUT2D eigenvalue weighted by Gasteiger charge is 2.22. The Balaban J connectivity index is 2.92. The Labute approximate surface area is 105 Å². The third kappa shape index (κ3) is 1.80. The monoisotopic (exact) mass is 251 g/mol. The van der Waals surface area contributed by atoms with Gasteiger partial charge in [0.25, 0.3) is 0 Å². The van der Waals surface area contributed by atoms with Gasteiger partial charge in [-0.15, -0.1) is 0 Å². The second-order valence-corrected chi connectivity index (χ2v) is 4.88. The molecule has 0 amide bonds. The van der Waals surface area contributed by atoms with Crippen molar-refractivity contribution < 1.29 is 9.90 Å². The number of benzene rings is 1. The lowest BCUT2D eigenvalue weighted by Gasteiger charge is -2.06. The number of rotatable bonds is 2. The van der Waals surface area contributed by atoms with Crippen LogP contribution >= 0.6 is 11.6 Å². The van der Waals surface area contributed by atoms with Gasteiger partial charge < -0.3 is 9.67 Å². The van der Waals surface area contributed by atoms with Crippen LogP contribution in [0.4, 0.5) is 0 Å². The zero-order chi connectivity index (χ0) is 12.7. The number of hydrogen-bond acceptors (Lipinski definition) is 1. The van der Waals surface area contributed by atoms with E-state index in [0.717, 1.165) is 16.5 Å². The fraction of sp³-hybridized carbons (Fsp3) is 0.308. The van der Waals surface area contributed by atoms with Gasteiger partial charge in [-0.3, -0.25) is 0 Å². The Hall–Kier alpha value is -1.48. The van der Waals surface area contributed by atoms with E-state index in [9.17, 15) is 9.90 Å². The zero-order valence-electron chi connectivity index (χ0n) is 9.99. The predicted molar refractivity (Wildman–Crippen MR) is 69.0 cm³/mol. The molecule has 0 aliphatic carbocycles. The van der Waals surface area contributed by atoms with E-state index in [0.29, 0.717) is 10.7 Å². The van der Waals surface area contributed by atoms with Crippen LogP contribution in [0.1, 0.15) is 35.8 Å². The fourth-order valence-electron chi connectivity index (χ4n) is 2.28. The quantitative estimate of drug-likeness (QED) is 0.885. The molecule has 4 heteroatoms. The van der Waals surface area contributed by atoms with E-state index in [2.05, 4.69) is 0 Å². The van der Waals surface area contributed by atoms with Crippen molar-refractivity contribution in [1.82, 2.24) is 4.57 Å². The first-order valence-electron chi connectivity index (χ1n) is 5.44. The summed E-state index contributed by atoms with van der Waals surface area (Å²) in [6.45, 7) is 3.99. The topological polar surface area (TPSA) is 42.2 Å². The number of nitrogens with zero attached hydrogens (tertiary/aromatic N) is 1. The molecule has 0 saturated carbocycles. The zero-order valence-corrected chi connectivity index (χ0v) is 10.7. The first-order chi connectivity index (χ1) is 7.93. The highest BCUT2D eigenvalue weighted by Crippen LogP contribution is 2.32. The van der Waals surface area contributed by atoms with Gasteiger partial charge in [-0.05, 0) is 23.6 Å². The van der Waals surface area contributed by atoms with Gasteiger partial charge in [-0.1, -0.05) is 31.5 Å². The molecule has 1 heterocycles. The lowest BCUT2D eigenvalue weighted by atomic mass is 9.99. The van der Waals surface area contributed by atoms with Crippen LogP contribution in [0.15, 0.2) is 18.2 Å². The minimum atomic E-state index is -0.900. The number of fused-ring (bicyclic) bond motifs is 1. The molecule has 0 radical (unpaired) electrons. The highest BCUT2D eigenvalue weighted by molar-refractivity contribution is 6.31. The molecule has 3 nitrogen and oxygen atoms in total. The molecule has 0 aliphatic rings. The van der Waals surface area contributed by atoms with Crippen LogP contribution in [0, 0.1) is 0 Å². The van der Waals surface area contributed by atoms with E-state index >= 15 is 0 Å². The van der Waals surface area contributed by atoms with Crippen molar-refractivity contribution in [3.8, 4) is 0 Å². The summed E-state index contributed by atoms with van der Waals surface area (Å²) in [4.78, 5) is 11.3.